The van der Waals surface area contributed by atoms with E-state index in [1.807, 2.05) is 37.4 Å². The summed E-state index contributed by atoms with van der Waals surface area (Å²) < 4.78 is 0. The lowest BCUT2D eigenvalue weighted by atomic mass is 10.0. The van der Waals surface area contributed by atoms with Crippen LogP contribution in [-0.2, 0) is 9.59 Å². The van der Waals surface area contributed by atoms with E-state index in [1.165, 1.54) is 4.90 Å². The summed E-state index contributed by atoms with van der Waals surface area (Å²) in [5.41, 5.74) is 13.9. The smallest absolute Gasteiger partial charge is 0.277 e. The van der Waals surface area contributed by atoms with Gasteiger partial charge in [-0.2, -0.15) is 0 Å². The van der Waals surface area contributed by atoms with Gasteiger partial charge >= 0.3 is 0 Å². The van der Waals surface area contributed by atoms with Gasteiger partial charge in [0.25, 0.3) is 11.8 Å². The third-order valence-corrected chi connectivity index (χ3v) is 5.82. The van der Waals surface area contributed by atoms with Crippen molar-refractivity contribution in [3.63, 3.8) is 0 Å². The Bertz CT molecular complexity index is 969. The molecule has 0 radical (unpaired) electrons. The number of aromatic amines is 1. The first kappa shape index (κ1) is 24.9. The second-order valence-corrected chi connectivity index (χ2v) is 8.25. The fourth-order valence-electron chi connectivity index (χ4n) is 3.92. The molecule has 1 atom stereocenters. The van der Waals surface area contributed by atoms with E-state index in [4.69, 9.17) is 11.5 Å². The van der Waals surface area contributed by atoms with Crippen LogP contribution in [0, 0.1) is 0 Å². The van der Waals surface area contributed by atoms with Gasteiger partial charge in [-0.15, -0.1) is 0 Å². The molecule has 1 aliphatic heterocycles. The Morgan fingerprint density at radius 2 is 1.82 bits per heavy atom. The van der Waals surface area contributed by atoms with E-state index in [0.717, 1.165) is 48.8 Å². The lowest BCUT2D eigenvalue weighted by Gasteiger charge is -2.17. The number of aromatic nitrogens is 1. The molecule has 1 aromatic heterocycles. The Morgan fingerprint density at radius 3 is 2.61 bits per heavy atom. The van der Waals surface area contributed by atoms with Gasteiger partial charge in [-0.1, -0.05) is 25.1 Å². The molecule has 180 valence electrons. The van der Waals surface area contributed by atoms with Gasteiger partial charge in [-0.25, -0.2) is 0 Å². The molecule has 2 amide bonds. The molecule has 0 aliphatic carbocycles. The zero-order chi connectivity index (χ0) is 23.6. The van der Waals surface area contributed by atoms with Gasteiger partial charge < -0.3 is 32.4 Å². The Hall–Kier alpha value is -2.72. The highest BCUT2D eigenvalue weighted by molar-refractivity contribution is 6.37. The van der Waals surface area contributed by atoms with Crippen LogP contribution in [0.1, 0.15) is 38.2 Å². The van der Waals surface area contributed by atoms with Crippen LogP contribution in [0.2, 0.25) is 0 Å². The highest BCUT2D eigenvalue weighted by Crippen LogP contribution is 2.32. The lowest BCUT2D eigenvalue weighted by molar-refractivity contribution is -0.137. The number of nitrogens with one attached hydrogen (secondary N) is 4. The van der Waals surface area contributed by atoms with Crippen molar-refractivity contribution in [1.29, 1.82) is 0 Å². The van der Waals surface area contributed by atoms with Crippen LogP contribution < -0.4 is 27.4 Å². The van der Waals surface area contributed by atoms with Crippen molar-refractivity contribution in [2.24, 2.45) is 11.5 Å². The summed E-state index contributed by atoms with van der Waals surface area (Å²) in [5, 5.41) is 10.7. The van der Waals surface area contributed by atoms with Crippen LogP contribution >= 0.6 is 0 Å². The average molecular weight is 456 g/mol. The van der Waals surface area contributed by atoms with Crippen LogP contribution in [0.5, 0.6) is 0 Å². The molecule has 2 aromatic rings. The van der Waals surface area contributed by atoms with E-state index >= 15 is 0 Å². The molecule has 1 unspecified atom stereocenters. The molecule has 0 saturated carbocycles. The van der Waals surface area contributed by atoms with Gasteiger partial charge in [-0.05, 0) is 57.9 Å². The first-order valence-corrected chi connectivity index (χ1v) is 11.9. The monoisotopic (exact) mass is 455 g/mol. The maximum Gasteiger partial charge on any atom is 0.277 e. The SMILES string of the molecule is CCC(N)NCCCN1C(=O)C(NCCCNCCCN)=C(c2c[nH]c3ccccc23)C1=O. The number of carbonyl (C=O) groups excluding carboxylic acids is 2. The predicted molar refractivity (Wildman–Crippen MR) is 132 cm³/mol. The van der Waals surface area contributed by atoms with Gasteiger partial charge in [0, 0.05) is 35.8 Å². The molecule has 2 heterocycles. The van der Waals surface area contributed by atoms with Crippen molar-refractivity contribution in [2.45, 2.75) is 38.8 Å². The largest absolute Gasteiger partial charge is 0.380 e. The molecule has 3 rings (SSSR count). The predicted octanol–water partition coefficient (Wildman–Crippen LogP) is 0.840. The summed E-state index contributed by atoms with van der Waals surface area (Å²) in [6.45, 7) is 5.95. The van der Waals surface area contributed by atoms with Crippen LogP contribution in [0.3, 0.4) is 0 Å². The first-order chi connectivity index (χ1) is 16.1. The van der Waals surface area contributed by atoms with E-state index in [-0.39, 0.29) is 18.0 Å². The topological polar surface area (TPSA) is 141 Å². The van der Waals surface area contributed by atoms with E-state index < -0.39 is 0 Å². The molecule has 0 spiro atoms. The number of fused-ring (bicyclic) bond motifs is 1. The standard InChI is InChI=1S/C24H37N7O2/c1-2-20(26)28-14-7-15-31-23(32)21(18-16-30-19-9-4-3-8-17(18)19)22(24(31)33)29-13-6-12-27-11-5-10-25/h3-4,8-9,16,20,27-30H,2,5-7,10-15,25-26H2,1H3. The Labute approximate surface area is 195 Å². The fraction of sp³-hybridized carbons (Fsp3) is 0.500. The number of imide groups is 1. The van der Waals surface area contributed by atoms with Crippen LogP contribution in [0.4, 0.5) is 0 Å². The van der Waals surface area contributed by atoms with E-state index in [1.54, 1.807) is 0 Å². The lowest BCUT2D eigenvalue weighted by Crippen LogP contribution is -2.40. The third kappa shape index (κ3) is 6.20. The second kappa shape index (κ2) is 12.5. The number of para-hydroxylation sites is 1. The van der Waals surface area contributed by atoms with Crippen LogP contribution in [0.25, 0.3) is 16.5 Å². The Balaban J connectivity index is 1.73. The molecule has 1 aromatic carbocycles. The maximum absolute atomic E-state index is 13.4. The summed E-state index contributed by atoms with van der Waals surface area (Å²) in [5.74, 6) is -0.524. The molecule has 33 heavy (non-hydrogen) atoms. The van der Waals surface area contributed by atoms with E-state index in [2.05, 4.69) is 20.9 Å². The molecule has 9 heteroatoms. The molecule has 0 fully saturated rings. The number of benzene rings is 1. The number of hydrogen-bond acceptors (Lipinski definition) is 7. The van der Waals surface area contributed by atoms with Gasteiger partial charge in [0.05, 0.1) is 11.7 Å². The van der Waals surface area contributed by atoms with Gasteiger partial charge in [0.1, 0.15) is 5.70 Å². The number of hydrogen-bond donors (Lipinski definition) is 6. The number of nitrogens with zero attached hydrogens (tertiary/aromatic N) is 1. The van der Waals surface area contributed by atoms with Crippen molar-refractivity contribution in [2.75, 3.05) is 39.3 Å². The number of nitrogens with two attached hydrogens (primary N) is 2. The quantitative estimate of drug-likeness (QED) is 0.133. The number of rotatable bonds is 15. The minimum Gasteiger partial charge on any atom is -0.380 e. The third-order valence-electron chi connectivity index (χ3n) is 5.82. The van der Waals surface area contributed by atoms with Gasteiger partial charge in [-0.3, -0.25) is 14.5 Å². The Morgan fingerprint density at radius 1 is 1.03 bits per heavy atom. The second-order valence-electron chi connectivity index (χ2n) is 8.25. The van der Waals surface area contributed by atoms with E-state index in [9.17, 15) is 9.59 Å². The van der Waals surface area contributed by atoms with Gasteiger partial charge in [0.15, 0.2) is 0 Å². The molecule has 0 bridgehead atoms. The van der Waals surface area contributed by atoms with Gasteiger partial charge in [0.2, 0.25) is 0 Å². The minimum atomic E-state index is -0.267. The zero-order valence-corrected chi connectivity index (χ0v) is 19.5. The summed E-state index contributed by atoms with van der Waals surface area (Å²) in [4.78, 5) is 31.2. The van der Waals surface area contributed by atoms with Crippen LogP contribution in [0.15, 0.2) is 36.2 Å². The molecular weight excluding hydrogens is 418 g/mol. The number of amides is 2. The minimum absolute atomic E-state index is 0.0782. The van der Waals surface area contributed by atoms with Crippen molar-refractivity contribution in [1.82, 2.24) is 25.8 Å². The average Bonchev–Trinajstić information content (AvgIpc) is 3.34. The fourth-order valence-corrected chi connectivity index (χ4v) is 3.92. The van der Waals surface area contributed by atoms with Crippen molar-refractivity contribution in [3.05, 3.63) is 41.7 Å². The molecule has 1 aliphatic rings. The highest BCUT2D eigenvalue weighted by atomic mass is 16.2. The van der Waals surface area contributed by atoms with Crippen molar-refractivity contribution >= 4 is 28.3 Å². The zero-order valence-electron chi connectivity index (χ0n) is 19.5. The van der Waals surface area contributed by atoms with Crippen LogP contribution in [-0.4, -0.2) is 67.1 Å². The normalized spacial score (nSPS) is 15.2. The summed E-state index contributed by atoms with van der Waals surface area (Å²) in [7, 11) is 0. The summed E-state index contributed by atoms with van der Waals surface area (Å²) >= 11 is 0. The van der Waals surface area contributed by atoms with Crippen molar-refractivity contribution < 1.29 is 9.59 Å². The molecule has 8 N–H and O–H groups in total. The maximum atomic E-state index is 13.4. The number of carbonyl (C=O) groups is 2. The molecule has 0 saturated heterocycles. The summed E-state index contributed by atoms with van der Waals surface area (Å²) in [6, 6.07) is 7.79. The first-order valence-electron chi connectivity index (χ1n) is 11.9. The molecular formula is C24H37N7O2. The Kier molecular flexibility index (Phi) is 9.44. The highest BCUT2D eigenvalue weighted by Gasteiger charge is 2.39. The molecule has 9 nitrogen and oxygen atoms in total. The summed E-state index contributed by atoms with van der Waals surface area (Å²) in [6.07, 6.45) is 4.96. The number of H-pyrrole nitrogens is 1. The van der Waals surface area contributed by atoms with E-state index in [0.29, 0.717) is 43.9 Å². The van der Waals surface area contributed by atoms with Crippen molar-refractivity contribution in [3.8, 4) is 0 Å².